The molecule has 2 heterocycles. The summed E-state index contributed by atoms with van der Waals surface area (Å²) < 4.78 is 6.99. The molecular formula is C11H17N3O3. The summed E-state index contributed by atoms with van der Waals surface area (Å²) in [5, 5.41) is 13.1. The fraction of sp³-hybridized carbons (Fsp3) is 0.636. The first-order chi connectivity index (χ1) is 8.16. The maximum Gasteiger partial charge on any atom is 0.305 e. The van der Waals surface area contributed by atoms with Crippen LogP contribution >= 0.6 is 0 Å². The number of carboxylic acid groups (broad SMARTS) is 1. The molecule has 1 aromatic rings. The van der Waals surface area contributed by atoms with Crippen LogP contribution in [0.5, 0.6) is 0 Å². The molecule has 1 aromatic heterocycles. The molecule has 0 saturated carbocycles. The lowest BCUT2D eigenvalue weighted by atomic mass is 10.1. The largest absolute Gasteiger partial charge is 0.481 e. The zero-order chi connectivity index (χ0) is 12.3. The molecule has 1 fully saturated rings. The van der Waals surface area contributed by atoms with Crippen LogP contribution in [0, 0.1) is 0 Å². The molecular weight excluding hydrogens is 222 g/mol. The van der Waals surface area contributed by atoms with E-state index in [1.165, 1.54) is 0 Å². The third kappa shape index (κ3) is 3.04. The minimum atomic E-state index is -0.787. The van der Waals surface area contributed by atoms with Crippen molar-refractivity contribution in [2.75, 3.05) is 26.3 Å². The van der Waals surface area contributed by atoms with Gasteiger partial charge < -0.3 is 9.84 Å². The number of hydrogen-bond acceptors (Lipinski definition) is 4. The van der Waals surface area contributed by atoms with E-state index in [1.54, 1.807) is 10.9 Å². The Morgan fingerprint density at radius 2 is 2.29 bits per heavy atom. The monoisotopic (exact) mass is 239 g/mol. The number of ether oxygens (including phenoxy) is 1. The van der Waals surface area contributed by atoms with Crippen molar-refractivity contribution in [2.24, 2.45) is 7.05 Å². The van der Waals surface area contributed by atoms with Gasteiger partial charge in [0.1, 0.15) is 0 Å². The molecule has 1 aliphatic heterocycles. The summed E-state index contributed by atoms with van der Waals surface area (Å²) in [6, 6.07) is -0.106. The minimum absolute atomic E-state index is 0.103. The van der Waals surface area contributed by atoms with Crippen molar-refractivity contribution in [2.45, 2.75) is 12.5 Å². The predicted octanol–water partition coefficient (Wildman–Crippen LogP) is 0.268. The molecule has 6 heteroatoms. The van der Waals surface area contributed by atoms with E-state index in [1.807, 2.05) is 13.2 Å². The SMILES string of the molecule is Cn1cc(C(CC(=O)O)N2CCOCC2)cn1. The molecule has 0 bridgehead atoms. The van der Waals surface area contributed by atoms with E-state index < -0.39 is 5.97 Å². The lowest BCUT2D eigenvalue weighted by Gasteiger charge is -2.33. The van der Waals surface area contributed by atoms with Crippen molar-refractivity contribution in [1.29, 1.82) is 0 Å². The van der Waals surface area contributed by atoms with Crippen molar-refractivity contribution in [3.63, 3.8) is 0 Å². The Bertz CT molecular complexity index is 385. The summed E-state index contributed by atoms with van der Waals surface area (Å²) in [5.41, 5.74) is 0.955. The third-order valence-electron chi connectivity index (χ3n) is 2.96. The first-order valence-electron chi connectivity index (χ1n) is 5.69. The van der Waals surface area contributed by atoms with Crippen molar-refractivity contribution in [1.82, 2.24) is 14.7 Å². The standard InChI is InChI=1S/C11H17N3O3/c1-13-8-9(7-12-13)10(6-11(15)16)14-2-4-17-5-3-14/h7-8,10H,2-6H2,1H3,(H,15,16). The van der Waals surface area contributed by atoms with Crippen LogP contribution in [0.4, 0.5) is 0 Å². The van der Waals surface area contributed by atoms with E-state index in [-0.39, 0.29) is 12.5 Å². The van der Waals surface area contributed by atoms with E-state index in [2.05, 4.69) is 10.00 Å². The zero-order valence-corrected chi connectivity index (χ0v) is 9.87. The summed E-state index contributed by atoms with van der Waals surface area (Å²) in [6.07, 6.45) is 3.72. The van der Waals surface area contributed by atoms with Crippen LogP contribution in [0.15, 0.2) is 12.4 Å². The van der Waals surface area contributed by atoms with Gasteiger partial charge in [0.2, 0.25) is 0 Å². The molecule has 1 saturated heterocycles. The minimum Gasteiger partial charge on any atom is -0.481 e. The smallest absolute Gasteiger partial charge is 0.305 e. The first kappa shape index (κ1) is 12.1. The van der Waals surface area contributed by atoms with Gasteiger partial charge in [-0.15, -0.1) is 0 Å². The van der Waals surface area contributed by atoms with E-state index in [4.69, 9.17) is 9.84 Å². The van der Waals surface area contributed by atoms with Gasteiger partial charge in [-0.05, 0) is 0 Å². The van der Waals surface area contributed by atoms with Gasteiger partial charge in [-0.1, -0.05) is 0 Å². The summed E-state index contributed by atoms with van der Waals surface area (Å²) in [4.78, 5) is 13.1. The molecule has 1 atom stereocenters. The van der Waals surface area contributed by atoms with Crippen LogP contribution in [-0.2, 0) is 16.6 Å². The highest BCUT2D eigenvalue weighted by molar-refractivity contribution is 5.67. The van der Waals surface area contributed by atoms with Gasteiger partial charge in [-0.3, -0.25) is 14.4 Å². The highest BCUT2D eigenvalue weighted by Gasteiger charge is 2.25. The van der Waals surface area contributed by atoms with E-state index in [0.717, 1.165) is 18.7 Å². The molecule has 0 aromatic carbocycles. The average Bonchev–Trinajstić information content (AvgIpc) is 2.73. The molecule has 1 N–H and O–H groups in total. The fourth-order valence-electron chi connectivity index (χ4n) is 2.12. The molecule has 1 unspecified atom stereocenters. The molecule has 6 nitrogen and oxygen atoms in total. The van der Waals surface area contributed by atoms with E-state index in [0.29, 0.717) is 13.2 Å². The molecule has 17 heavy (non-hydrogen) atoms. The van der Waals surface area contributed by atoms with Gasteiger partial charge in [-0.2, -0.15) is 5.10 Å². The Morgan fingerprint density at radius 3 is 2.82 bits per heavy atom. The van der Waals surface area contributed by atoms with Crippen molar-refractivity contribution in [3.8, 4) is 0 Å². The van der Waals surface area contributed by atoms with Crippen LogP contribution in [-0.4, -0.2) is 52.1 Å². The first-order valence-corrected chi connectivity index (χ1v) is 5.69. The number of carbonyl (C=O) groups is 1. The summed E-state index contributed by atoms with van der Waals surface area (Å²) in [5.74, 6) is -0.787. The molecule has 94 valence electrons. The highest BCUT2D eigenvalue weighted by Crippen LogP contribution is 2.24. The highest BCUT2D eigenvalue weighted by atomic mass is 16.5. The van der Waals surface area contributed by atoms with Gasteiger partial charge in [0.25, 0.3) is 0 Å². The Balaban J connectivity index is 2.14. The number of aliphatic carboxylic acids is 1. The second-order valence-corrected chi connectivity index (χ2v) is 4.21. The number of carboxylic acids is 1. The predicted molar refractivity (Wildman–Crippen MR) is 60.6 cm³/mol. The van der Waals surface area contributed by atoms with Gasteiger partial charge in [0.05, 0.1) is 25.8 Å². The maximum atomic E-state index is 10.9. The van der Waals surface area contributed by atoms with Crippen molar-refractivity contribution >= 4 is 5.97 Å². The lowest BCUT2D eigenvalue weighted by Crippen LogP contribution is -2.39. The topological polar surface area (TPSA) is 67.6 Å². The Morgan fingerprint density at radius 1 is 1.59 bits per heavy atom. The molecule has 2 rings (SSSR count). The number of hydrogen-bond donors (Lipinski definition) is 1. The second-order valence-electron chi connectivity index (χ2n) is 4.21. The van der Waals surface area contributed by atoms with Crippen LogP contribution in [0.2, 0.25) is 0 Å². The molecule has 0 radical (unpaired) electrons. The molecule has 0 amide bonds. The summed E-state index contributed by atoms with van der Waals surface area (Å²) >= 11 is 0. The normalized spacial score (nSPS) is 19.1. The Hall–Kier alpha value is -1.40. The van der Waals surface area contributed by atoms with E-state index in [9.17, 15) is 4.79 Å². The second kappa shape index (κ2) is 5.29. The van der Waals surface area contributed by atoms with Crippen LogP contribution in [0.25, 0.3) is 0 Å². The van der Waals surface area contributed by atoms with Crippen LogP contribution in [0.3, 0.4) is 0 Å². The van der Waals surface area contributed by atoms with Gasteiger partial charge >= 0.3 is 5.97 Å². The Kier molecular flexibility index (Phi) is 3.75. The average molecular weight is 239 g/mol. The summed E-state index contributed by atoms with van der Waals surface area (Å²) in [6.45, 7) is 2.87. The third-order valence-corrected chi connectivity index (χ3v) is 2.96. The molecule has 0 spiro atoms. The van der Waals surface area contributed by atoms with Crippen molar-refractivity contribution in [3.05, 3.63) is 18.0 Å². The zero-order valence-electron chi connectivity index (χ0n) is 9.87. The number of morpholine rings is 1. The lowest BCUT2D eigenvalue weighted by molar-refractivity contribution is -0.139. The van der Waals surface area contributed by atoms with E-state index >= 15 is 0 Å². The molecule has 1 aliphatic rings. The summed E-state index contributed by atoms with van der Waals surface area (Å²) in [7, 11) is 1.83. The van der Waals surface area contributed by atoms with Gasteiger partial charge in [-0.25, -0.2) is 0 Å². The Labute approximate surface area is 99.8 Å². The van der Waals surface area contributed by atoms with Crippen LogP contribution in [0.1, 0.15) is 18.0 Å². The fourth-order valence-corrected chi connectivity index (χ4v) is 2.12. The number of nitrogens with zero attached hydrogens (tertiary/aromatic N) is 3. The van der Waals surface area contributed by atoms with Gasteiger partial charge in [0.15, 0.2) is 0 Å². The van der Waals surface area contributed by atoms with Gasteiger partial charge in [0, 0.05) is 37.9 Å². The van der Waals surface area contributed by atoms with Crippen LogP contribution < -0.4 is 0 Å². The number of aromatic nitrogens is 2. The molecule has 0 aliphatic carbocycles. The quantitative estimate of drug-likeness (QED) is 0.816. The maximum absolute atomic E-state index is 10.9. The number of rotatable bonds is 4. The van der Waals surface area contributed by atoms with Crippen molar-refractivity contribution < 1.29 is 14.6 Å². The number of aryl methyl sites for hydroxylation is 1.